The Hall–Kier alpha value is -1.59. The van der Waals surface area contributed by atoms with Crippen molar-refractivity contribution in [3.05, 3.63) is 29.8 Å². The molecule has 1 aliphatic rings. The molecule has 1 aliphatic heterocycles. The van der Waals surface area contributed by atoms with Gasteiger partial charge in [0.1, 0.15) is 12.4 Å². The second-order valence-electron chi connectivity index (χ2n) is 4.94. The number of ether oxygens (including phenoxy) is 1. The number of hydrogen-bond acceptors (Lipinski definition) is 5. The van der Waals surface area contributed by atoms with Crippen molar-refractivity contribution in [1.82, 2.24) is 9.80 Å². The second-order valence-corrected chi connectivity index (χ2v) is 4.94. The average molecular weight is 276 g/mol. The molecule has 0 unspecified atom stereocenters. The fraction of sp³-hybridized carbons (Fsp3) is 0.533. The van der Waals surface area contributed by atoms with Crippen molar-refractivity contribution in [3.8, 4) is 5.75 Å². The summed E-state index contributed by atoms with van der Waals surface area (Å²) in [4.78, 5) is 4.93. The number of nitrogens with zero attached hydrogens (tertiary/aromatic N) is 3. The van der Waals surface area contributed by atoms with Crippen LogP contribution in [0.1, 0.15) is 12.5 Å². The van der Waals surface area contributed by atoms with Crippen LogP contribution in [-0.2, 0) is 0 Å². The van der Waals surface area contributed by atoms with Crippen LogP contribution < -0.4 is 10.6 Å². The van der Waals surface area contributed by atoms with E-state index in [4.69, 9.17) is 10.6 Å². The van der Waals surface area contributed by atoms with Gasteiger partial charge in [-0.1, -0.05) is 19.1 Å². The largest absolute Gasteiger partial charge is 0.492 e. The number of piperazine rings is 1. The molecule has 5 nitrogen and oxygen atoms in total. The zero-order valence-corrected chi connectivity index (χ0v) is 12.2. The summed E-state index contributed by atoms with van der Waals surface area (Å²) in [5.41, 5.74) is 0.922. The van der Waals surface area contributed by atoms with Crippen LogP contribution in [0.5, 0.6) is 5.75 Å². The summed E-state index contributed by atoms with van der Waals surface area (Å²) in [6, 6.07) is 7.81. The molecule has 1 saturated heterocycles. The van der Waals surface area contributed by atoms with Crippen LogP contribution in [0.15, 0.2) is 29.4 Å². The van der Waals surface area contributed by atoms with Gasteiger partial charge in [-0.3, -0.25) is 4.90 Å². The van der Waals surface area contributed by atoms with Crippen molar-refractivity contribution in [3.63, 3.8) is 0 Å². The van der Waals surface area contributed by atoms with Crippen LogP contribution in [0.4, 0.5) is 0 Å². The van der Waals surface area contributed by atoms with Gasteiger partial charge in [0.2, 0.25) is 0 Å². The Kier molecular flexibility index (Phi) is 5.83. The monoisotopic (exact) mass is 276 g/mol. The minimum absolute atomic E-state index is 0.696. The van der Waals surface area contributed by atoms with E-state index in [2.05, 4.69) is 21.8 Å². The SMILES string of the molecule is CCN1CCN(CCOc2ccccc2C=NN)CC1. The third-order valence-corrected chi connectivity index (χ3v) is 3.71. The Bertz CT molecular complexity index is 428. The number of benzene rings is 1. The van der Waals surface area contributed by atoms with Gasteiger partial charge in [0.15, 0.2) is 0 Å². The molecule has 0 saturated carbocycles. The molecule has 0 amide bonds. The maximum atomic E-state index is 5.84. The molecule has 20 heavy (non-hydrogen) atoms. The van der Waals surface area contributed by atoms with E-state index in [9.17, 15) is 0 Å². The molecule has 0 spiro atoms. The van der Waals surface area contributed by atoms with Crippen LogP contribution in [0.25, 0.3) is 0 Å². The maximum absolute atomic E-state index is 5.84. The summed E-state index contributed by atoms with van der Waals surface area (Å²) in [5, 5.41) is 3.56. The summed E-state index contributed by atoms with van der Waals surface area (Å²) in [6.07, 6.45) is 1.62. The highest BCUT2D eigenvalue weighted by molar-refractivity contribution is 5.83. The molecule has 2 rings (SSSR count). The summed E-state index contributed by atoms with van der Waals surface area (Å²) >= 11 is 0. The zero-order chi connectivity index (χ0) is 14.2. The van der Waals surface area contributed by atoms with Crippen molar-refractivity contribution in [1.29, 1.82) is 0 Å². The molecular weight excluding hydrogens is 252 g/mol. The van der Waals surface area contributed by atoms with Crippen LogP contribution in [0.2, 0.25) is 0 Å². The molecular formula is C15H24N4O. The third-order valence-electron chi connectivity index (χ3n) is 3.71. The Balaban J connectivity index is 1.76. The first-order valence-corrected chi connectivity index (χ1v) is 7.23. The van der Waals surface area contributed by atoms with Gasteiger partial charge in [0.25, 0.3) is 0 Å². The molecule has 0 atom stereocenters. The van der Waals surface area contributed by atoms with Gasteiger partial charge in [-0.2, -0.15) is 5.10 Å². The lowest BCUT2D eigenvalue weighted by Gasteiger charge is -2.33. The lowest BCUT2D eigenvalue weighted by atomic mass is 10.2. The van der Waals surface area contributed by atoms with Crippen LogP contribution in [0.3, 0.4) is 0 Å². The summed E-state index contributed by atoms with van der Waals surface area (Å²) < 4.78 is 5.84. The first-order chi connectivity index (χ1) is 9.83. The Morgan fingerprint density at radius 3 is 2.60 bits per heavy atom. The summed E-state index contributed by atoms with van der Waals surface area (Å²) in [6.45, 7) is 9.60. The highest BCUT2D eigenvalue weighted by atomic mass is 16.5. The lowest BCUT2D eigenvalue weighted by molar-refractivity contribution is 0.121. The van der Waals surface area contributed by atoms with E-state index in [-0.39, 0.29) is 0 Å². The van der Waals surface area contributed by atoms with Gasteiger partial charge in [0, 0.05) is 38.3 Å². The topological polar surface area (TPSA) is 54.1 Å². The highest BCUT2D eigenvalue weighted by Gasteiger charge is 2.14. The maximum Gasteiger partial charge on any atom is 0.128 e. The third kappa shape index (κ3) is 4.21. The fourth-order valence-corrected chi connectivity index (χ4v) is 2.41. The van der Waals surface area contributed by atoms with Crippen molar-refractivity contribution >= 4 is 6.21 Å². The van der Waals surface area contributed by atoms with E-state index < -0.39 is 0 Å². The van der Waals surface area contributed by atoms with Gasteiger partial charge in [-0.25, -0.2) is 0 Å². The molecule has 2 N–H and O–H groups in total. The van der Waals surface area contributed by atoms with Gasteiger partial charge in [-0.05, 0) is 18.7 Å². The lowest BCUT2D eigenvalue weighted by Crippen LogP contribution is -2.47. The minimum Gasteiger partial charge on any atom is -0.492 e. The first kappa shape index (κ1) is 14.8. The molecule has 0 radical (unpaired) electrons. The van der Waals surface area contributed by atoms with E-state index >= 15 is 0 Å². The van der Waals surface area contributed by atoms with Crippen molar-refractivity contribution in [2.24, 2.45) is 10.9 Å². The molecule has 0 aliphatic carbocycles. The fourth-order valence-electron chi connectivity index (χ4n) is 2.41. The molecule has 1 aromatic carbocycles. The number of hydrogen-bond donors (Lipinski definition) is 1. The van der Waals surface area contributed by atoms with E-state index in [1.807, 2.05) is 24.3 Å². The molecule has 1 fully saturated rings. The Labute approximate surface area is 121 Å². The van der Waals surface area contributed by atoms with Gasteiger partial charge in [-0.15, -0.1) is 0 Å². The molecule has 0 bridgehead atoms. The normalized spacial score (nSPS) is 17.6. The van der Waals surface area contributed by atoms with Crippen LogP contribution >= 0.6 is 0 Å². The van der Waals surface area contributed by atoms with Gasteiger partial charge >= 0.3 is 0 Å². The van der Waals surface area contributed by atoms with Crippen molar-refractivity contribution in [2.45, 2.75) is 6.92 Å². The average Bonchev–Trinajstić information content (AvgIpc) is 2.50. The molecule has 110 valence electrons. The van der Waals surface area contributed by atoms with Crippen molar-refractivity contribution < 1.29 is 4.74 Å². The predicted molar refractivity (Wildman–Crippen MR) is 82.3 cm³/mol. The van der Waals surface area contributed by atoms with Gasteiger partial charge in [0.05, 0.1) is 6.21 Å². The number of likely N-dealkylation sites (N-methyl/N-ethyl adjacent to an activating group) is 1. The van der Waals surface area contributed by atoms with E-state index in [1.54, 1.807) is 6.21 Å². The number of rotatable bonds is 6. The van der Waals surface area contributed by atoms with Crippen molar-refractivity contribution in [2.75, 3.05) is 45.9 Å². The van der Waals surface area contributed by atoms with E-state index in [0.717, 1.165) is 50.6 Å². The van der Waals surface area contributed by atoms with E-state index in [0.29, 0.717) is 6.61 Å². The van der Waals surface area contributed by atoms with Gasteiger partial charge < -0.3 is 15.5 Å². The summed E-state index contributed by atoms with van der Waals surface area (Å²) in [5.74, 6) is 6.04. The Morgan fingerprint density at radius 2 is 1.90 bits per heavy atom. The first-order valence-electron chi connectivity index (χ1n) is 7.23. The number of hydrazone groups is 1. The van der Waals surface area contributed by atoms with Crippen LogP contribution in [0, 0.1) is 0 Å². The predicted octanol–water partition coefficient (Wildman–Crippen LogP) is 0.995. The number of para-hydroxylation sites is 1. The van der Waals surface area contributed by atoms with E-state index in [1.165, 1.54) is 0 Å². The molecule has 1 aromatic rings. The quantitative estimate of drug-likeness (QED) is 0.478. The number of nitrogens with two attached hydrogens (primary N) is 1. The minimum atomic E-state index is 0.696. The Morgan fingerprint density at radius 1 is 1.20 bits per heavy atom. The molecule has 5 heteroatoms. The molecule has 1 heterocycles. The summed E-state index contributed by atoms with van der Waals surface area (Å²) in [7, 11) is 0. The highest BCUT2D eigenvalue weighted by Crippen LogP contribution is 2.15. The standard InChI is InChI=1S/C15H24N4O/c1-2-18-7-9-19(10-8-18)11-12-20-15-6-4-3-5-14(15)13-17-16/h3-6,13H,2,7-12,16H2,1H3. The second kappa shape index (κ2) is 7.87. The zero-order valence-electron chi connectivity index (χ0n) is 12.2. The smallest absolute Gasteiger partial charge is 0.128 e. The molecule has 0 aromatic heterocycles. The van der Waals surface area contributed by atoms with Crippen LogP contribution in [-0.4, -0.2) is 61.9 Å².